The summed E-state index contributed by atoms with van der Waals surface area (Å²) >= 11 is 9.41. The van der Waals surface area contributed by atoms with Crippen LogP contribution >= 0.6 is 27.5 Å². The fraction of sp³-hybridized carbons (Fsp3) is 0.133. The number of nitrogens with one attached hydrogen (secondary N) is 1. The maximum Gasteiger partial charge on any atom is 0.253 e. The Kier molecular flexibility index (Phi) is 4.68. The fourth-order valence-electron chi connectivity index (χ4n) is 1.82. The van der Waals surface area contributed by atoms with Crippen LogP contribution in [-0.2, 0) is 0 Å². The first kappa shape index (κ1) is 14.9. The largest absolute Gasteiger partial charge is 0.399 e. The Hall–Kier alpha value is -1.52. The Morgan fingerprint density at radius 1 is 1.25 bits per heavy atom. The van der Waals surface area contributed by atoms with Crippen LogP contribution < -0.4 is 11.1 Å². The van der Waals surface area contributed by atoms with Gasteiger partial charge in [-0.25, -0.2) is 0 Å². The first-order valence-electron chi connectivity index (χ1n) is 6.08. The highest BCUT2D eigenvalue weighted by molar-refractivity contribution is 9.10. The summed E-state index contributed by atoms with van der Waals surface area (Å²) < 4.78 is 1.00. The highest BCUT2D eigenvalue weighted by Gasteiger charge is 2.14. The second-order valence-corrected chi connectivity index (χ2v) is 5.81. The Morgan fingerprint density at radius 3 is 2.50 bits per heavy atom. The minimum Gasteiger partial charge on any atom is -0.399 e. The predicted octanol–water partition coefficient (Wildman–Crippen LogP) is 4.18. The summed E-state index contributed by atoms with van der Waals surface area (Å²) in [7, 11) is 0. The van der Waals surface area contributed by atoms with Crippen LogP contribution in [0.25, 0.3) is 0 Å². The molecule has 1 atom stereocenters. The minimum absolute atomic E-state index is 0.107. The maximum atomic E-state index is 12.2. The molecule has 2 aromatic carbocycles. The molecule has 3 nitrogen and oxygen atoms in total. The Bertz CT molecular complexity index is 628. The summed E-state index contributed by atoms with van der Waals surface area (Å²) in [6.07, 6.45) is 0. The van der Waals surface area contributed by atoms with E-state index in [4.69, 9.17) is 17.3 Å². The van der Waals surface area contributed by atoms with Crippen LogP contribution in [0.1, 0.15) is 28.9 Å². The molecule has 0 aliphatic carbocycles. The average molecular weight is 354 g/mol. The molecule has 0 heterocycles. The zero-order valence-electron chi connectivity index (χ0n) is 10.9. The lowest BCUT2D eigenvalue weighted by Crippen LogP contribution is -2.26. The third-order valence-electron chi connectivity index (χ3n) is 2.96. The second-order valence-electron chi connectivity index (χ2n) is 4.49. The number of halogens is 2. The van der Waals surface area contributed by atoms with E-state index in [1.807, 2.05) is 31.2 Å². The Morgan fingerprint density at radius 2 is 1.90 bits per heavy atom. The first-order valence-corrected chi connectivity index (χ1v) is 7.26. The Labute approximate surface area is 131 Å². The number of benzene rings is 2. The van der Waals surface area contributed by atoms with Gasteiger partial charge in [-0.3, -0.25) is 4.79 Å². The van der Waals surface area contributed by atoms with Crippen molar-refractivity contribution in [3.05, 3.63) is 63.1 Å². The van der Waals surface area contributed by atoms with Crippen molar-refractivity contribution in [1.29, 1.82) is 0 Å². The molecule has 5 heteroatoms. The summed E-state index contributed by atoms with van der Waals surface area (Å²) in [5.74, 6) is -0.217. The lowest BCUT2D eigenvalue weighted by atomic mass is 10.1. The molecule has 0 saturated heterocycles. The SMILES string of the molecule is CC(NC(=O)c1ccc(N)cc1Cl)c1ccc(Br)cc1. The molecule has 0 spiro atoms. The molecule has 0 saturated carbocycles. The topological polar surface area (TPSA) is 55.1 Å². The van der Waals surface area contributed by atoms with Crippen molar-refractivity contribution in [2.24, 2.45) is 0 Å². The van der Waals surface area contributed by atoms with Crippen molar-refractivity contribution >= 4 is 39.1 Å². The molecule has 0 bridgehead atoms. The highest BCUT2D eigenvalue weighted by atomic mass is 79.9. The molecule has 0 aromatic heterocycles. The molecule has 3 N–H and O–H groups in total. The van der Waals surface area contributed by atoms with Crippen molar-refractivity contribution in [2.75, 3.05) is 5.73 Å². The summed E-state index contributed by atoms with van der Waals surface area (Å²) in [6, 6.07) is 12.5. The van der Waals surface area contributed by atoms with Gasteiger partial charge in [-0.2, -0.15) is 0 Å². The zero-order valence-corrected chi connectivity index (χ0v) is 13.2. The smallest absolute Gasteiger partial charge is 0.253 e. The Balaban J connectivity index is 2.13. The number of carbonyl (C=O) groups excluding carboxylic acids is 1. The van der Waals surface area contributed by atoms with Crippen LogP contribution in [0.2, 0.25) is 5.02 Å². The molecule has 0 radical (unpaired) electrons. The van der Waals surface area contributed by atoms with Gasteiger partial charge in [-0.1, -0.05) is 39.7 Å². The monoisotopic (exact) mass is 352 g/mol. The minimum atomic E-state index is -0.217. The number of hydrogen-bond acceptors (Lipinski definition) is 2. The van der Waals surface area contributed by atoms with E-state index in [1.54, 1.807) is 18.2 Å². The maximum absolute atomic E-state index is 12.2. The molecule has 1 unspecified atom stereocenters. The predicted molar refractivity (Wildman–Crippen MR) is 85.9 cm³/mol. The van der Waals surface area contributed by atoms with Gasteiger partial charge in [0.15, 0.2) is 0 Å². The summed E-state index contributed by atoms with van der Waals surface area (Å²) in [5.41, 5.74) is 7.59. The normalized spacial score (nSPS) is 11.9. The number of rotatable bonds is 3. The molecule has 2 aromatic rings. The van der Waals surface area contributed by atoms with Crippen molar-refractivity contribution in [2.45, 2.75) is 13.0 Å². The van der Waals surface area contributed by atoms with Crippen LogP contribution in [0.15, 0.2) is 46.9 Å². The molecular weight excluding hydrogens is 340 g/mol. The van der Waals surface area contributed by atoms with E-state index < -0.39 is 0 Å². The third-order valence-corrected chi connectivity index (χ3v) is 3.80. The highest BCUT2D eigenvalue weighted by Crippen LogP contribution is 2.21. The van der Waals surface area contributed by atoms with Crippen LogP contribution in [0, 0.1) is 0 Å². The second kappa shape index (κ2) is 6.29. The van der Waals surface area contributed by atoms with Gasteiger partial charge in [-0.15, -0.1) is 0 Å². The van der Waals surface area contributed by atoms with Crippen molar-refractivity contribution in [3.63, 3.8) is 0 Å². The molecule has 20 heavy (non-hydrogen) atoms. The van der Waals surface area contributed by atoms with Gasteiger partial charge in [0, 0.05) is 10.2 Å². The number of anilines is 1. The van der Waals surface area contributed by atoms with Crippen LogP contribution in [0.3, 0.4) is 0 Å². The van der Waals surface area contributed by atoms with Gasteiger partial charge in [0.1, 0.15) is 0 Å². The lowest BCUT2D eigenvalue weighted by molar-refractivity contribution is 0.0940. The van der Waals surface area contributed by atoms with Gasteiger partial charge in [0.05, 0.1) is 16.6 Å². The van der Waals surface area contributed by atoms with E-state index in [9.17, 15) is 4.79 Å². The summed E-state index contributed by atoms with van der Waals surface area (Å²) in [6.45, 7) is 1.92. The van der Waals surface area contributed by atoms with Gasteiger partial charge in [-0.05, 0) is 42.8 Å². The quantitative estimate of drug-likeness (QED) is 0.813. The van der Waals surface area contributed by atoms with Crippen LogP contribution in [0.5, 0.6) is 0 Å². The lowest BCUT2D eigenvalue weighted by Gasteiger charge is -2.15. The zero-order chi connectivity index (χ0) is 14.7. The van der Waals surface area contributed by atoms with Crippen LogP contribution in [-0.4, -0.2) is 5.91 Å². The number of carbonyl (C=O) groups is 1. The van der Waals surface area contributed by atoms with Gasteiger partial charge < -0.3 is 11.1 Å². The number of hydrogen-bond donors (Lipinski definition) is 2. The third kappa shape index (κ3) is 3.52. The van der Waals surface area contributed by atoms with Crippen molar-refractivity contribution in [1.82, 2.24) is 5.32 Å². The van der Waals surface area contributed by atoms with Crippen LogP contribution in [0.4, 0.5) is 5.69 Å². The number of nitrogens with two attached hydrogens (primary N) is 1. The number of nitrogen functional groups attached to an aromatic ring is 1. The molecule has 1 amide bonds. The average Bonchev–Trinajstić information content (AvgIpc) is 2.39. The summed E-state index contributed by atoms with van der Waals surface area (Å²) in [4.78, 5) is 12.2. The van der Waals surface area contributed by atoms with Gasteiger partial charge in [0.2, 0.25) is 0 Å². The van der Waals surface area contributed by atoms with E-state index in [1.165, 1.54) is 0 Å². The molecule has 0 fully saturated rings. The van der Waals surface area contributed by atoms with Gasteiger partial charge in [0.25, 0.3) is 5.91 Å². The van der Waals surface area contributed by atoms with E-state index in [0.29, 0.717) is 16.3 Å². The molecule has 104 valence electrons. The number of amides is 1. The fourth-order valence-corrected chi connectivity index (χ4v) is 2.36. The molecule has 0 aliphatic rings. The van der Waals surface area contributed by atoms with Crippen molar-refractivity contribution in [3.8, 4) is 0 Å². The van der Waals surface area contributed by atoms with Gasteiger partial charge >= 0.3 is 0 Å². The molecule has 2 rings (SSSR count). The summed E-state index contributed by atoms with van der Waals surface area (Å²) in [5, 5.41) is 3.27. The first-order chi connectivity index (χ1) is 9.47. The van der Waals surface area contributed by atoms with E-state index >= 15 is 0 Å². The molecular formula is C15H14BrClN2O. The van der Waals surface area contributed by atoms with Crippen molar-refractivity contribution < 1.29 is 4.79 Å². The van der Waals surface area contributed by atoms with E-state index in [2.05, 4.69) is 21.2 Å². The standard InChI is InChI=1S/C15H14BrClN2O/c1-9(10-2-4-11(16)5-3-10)19-15(20)13-7-6-12(18)8-14(13)17/h2-9H,18H2,1H3,(H,19,20). The van der Waals surface area contributed by atoms with E-state index in [-0.39, 0.29) is 11.9 Å². The molecule has 0 aliphatic heterocycles. The van der Waals surface area contributed by atoms with E-state index in [0.717, 1.165) is 10.0 Å².